The first-order valence-electron chi connectivity index (χ1n) is 4.59. The van der Waals surface area contributed by atoms with Crippen LogP contribution < -0.4 is 0 Å². The van der Waals surface area contributed by atoms with E-state index in [0.717, 1.165) is 26.1 Å². The highest BCUT2D eigenvalue weighted by Crippen LogP contribution is 2.09. The molecule has 0 spiro atoms. The number of hydrogen-bond acceptors (Lipinski definition) is 2. The minimum absolute atomic E-state index is 0.00731. The Balaban J connectivity index is 2.50. The Morgan fingerprint density at radius 3 is 2.92 bits per heavy atom. The van der Waals surface area contributed by atoms with Crippen LogP contribution in [0.25, 0.3) is 0 Å². The monoisotopic (exact) mass is 180 g/mol. The molecule has 0 aromatic heterocycles. The van der Waals surface area contributed by atoms with Crippen molar-refractivity contribution in [2.75, 3.05) is 26.7 Å². The van der Waals surface area contributed by atoms with Crippen LogP contribution >= 0.6 is 0 Å². The molecule has 1 heterocycles. The lowest BCUT2D eigenvalue weighted by molar-refractivity contribution is -0.139. The summed E-state index contributed by atoms with van der Waals surface area (Å²) >= 11 is 0. The first kappa shape index (κ1) is 10.1. The smallest absolute Gasteiger partial charge is 0.239 e. The largest absolute Gasteiger partial charge is 0.343 e. The summed E-state index contributed by atoms with van der Waals surface area (Å²) in [5, 5.41) is 0. The molecule has 0 aromatic rings. The summed E-state index contributed by atoms with van der Waals surface area (Å²) in [6.07, 6.45) is 5.90. The molecule has 1 rings (SSSR count). The first-order chi connectivity index (χ1) is 6.16. The first-order valence-corrected chi connectivity index (χ1v) is 4.59. The van der Waals surface area contributed by atoms with Gasteiger partial charge in [-0.2, -0.15) is 0 Å². The molecule has 3 nitrogen and oxygen atoms in total. The second kappa shape index (κ2) is 4.29. The van der Waals surface area contributed by atoms with E-state index in [1.54, 1.807) is 4.90 Å². The van der Waals surface area contributed by atoms with E-state index in [0.29, 0.717) is 0 Å². The summed E-state index contributed by atoms with van der Waals surface area (Å²) in [5.41, 5.74) is 0. The van der Waals surface area contributed by atoms with Crippen molar-refractivity contribution in [3.63, 3.8) is 0 Å². The lowest BCUT2D eigenvalue weighted by Crippen LogP contribution is -2.54. The van der Waals surface area contributed by atoms with Gasteiger partial charge < -0.3 is 4.90 Å². The zero-order valence-electron chi connectivity index (χ0n) is 8.29. The number of likely N-dealkylation sites (N-methyl/N-ethyl adjacent to an activating group) is 1. The molecule has 0 aromatic carbocycles. The van der Waals surface area contributed by atoms with Gasteiger partial charge >= 0.3 is 0 Å². The van der Waals surface area contributed by atoms with E-state index in [1.807, 2.05) is 14.0 Å². The molecule has 1 saturated heterocycles. The molecule has 0 bridgehead atoms. The number of nitrogens with zero attached hydrogens (tertiary/aromatic N) is 2. The highest BCUT2D eigenvalue weighted by molar-refractivity contribution is 5.81. The number of terminal acetylenes is 1. The molecule has 13 heavy (non-hydrogen) atoms. The molecule has 3 heteroatoms. The number of amides is 1. The van der Waals surface area contributed by atoms with E-state index in [4.69, 9.17) is 6.42 Å². The van der Waals surface area contributed by atoms with Crippen molar-refractivity contribution in [3.05, 3.63) is 0 Å². The lowest BCUT2D eigenvalue weighted by atomic mass is 10.2. The molecule has 1 fully saturated rings. The van der Waals surface area contributed by atoms with Gasteiger partial charge in [0.2, 0.25) is 5.91 Å². The van der Waals surface area contributed by atoms with E-state index >= 15 is 0 Å². The van der Waals surface area contributed by atoms with Gasteiger partial charge in [-0.25, -0.2) is 0 Å². The molecule has 0 N–H and O–H groups in total. The van der Waals surface area contributed by atoms with Crippen molar-refractivity contribution in [1.82, 2.24) is 9.80 Å². The van der Waals surface area contributed by atoms with Gasteiger partial charge in [0.05, 0.1) is 6.04 Å². The van der Waals surface area contributed by atoms with E-state index in [9.17, 15) is 4.79 Å². The molecule has 72 valence electrons. The van der Waals surface area contributed by atoms with Crippen LogP contribution in [-0.2, 0) is 4.79 Å². The zero-order chi connectivity index (χ0) is 9.84. The topological polar surface area (TPSA) is 23.6 Å². The molecular weight excluding hydrogens is 164 g/mol. The van der Waals surface area contributed by atoms with E-state index in [-0.39, 0.29) is 11.9 Å². The van der Waals surface area contributed by atoms with Crippen LogP contribution in [0.15, 0.2) is 0 Å². The molecule has 1 aliphatic heterocycles. The SMILES string of the molecule is C#CCCN1CCN(C)C(=O)C1C. The third kappa shape index (κ3) is 2.22. The minimum atomic E-state index is -0.00731. The van der Waals surface area contributed by atoms with E-state index in [1.165, 1.54) is 0 Å². The molecular formula is C10H16N2O. The fraction of sp³-hybridized carbons (Fsp3) is 0.700. The fourth-order valence-corrected chi connectivity index (χ4v) is 1.57. The van der Waals surface area contributed by atoms with Gasteiger partial charge in [0.25, 0.3) is 0 Å². The van der Waals surface area contributed by atoms with Crippen molar-refractivity contribution in [2.45, 2.75) is 19.4 Å². The number of piperazine rings is 1. The number of carbonyl (C=O) groups is 1. The van der Waals surface area contributed by atoms with Crippen LogP contribution in [0.1, 0.15) is 13.3 Å². The predicted octanol–water partition coefficient (Wildman–Crippen LogP) is 0.172. The third-order valence-electron chi connectivity index (χ3n) is 2.55. The van der Waals surface area contributed by atoms with Gasteiger partial charge in [0, 0.05) is 33.1 Å². The maximum absolute atomic E-state index is 11.5. The standard InChI is InChI=1S/C10H16N2O/c1-4-5-6-12-8-7-11(3)10(13)9(12)2/h1,9H,5-8H2,2-3H3. The highest BCUT2D eigenvalue weighted by Gasteiger charge is 2.28. The van der Waals surface area contributed by atoms with Gasteiger partial charge in [-0.05, 0) is 6.92 Å². The predicted molar refractivity (Wildman–Crippen MR) is 52.1 cm³/mol. The summed E-state index contributed by atoms with van der Waals surface area (Å²) in [4.78, 5) is 15.4. The maximum Gasteiger partial charge on any atom is 0.239 e. The molecule has 0 aliphatic carbocycles. The normalized spacial score (nSPS) is 24.5. The molecule has 1 aliphatic rings. The second-order valence-corrected chi connectivity index (χ2v) is 3.43. The van der Waals surface area contributed by atoms with Crippen molar-refractivity contribution in [1.29, 1.82) is 0 Å². The number of carbonyl (C=O) groups excluding carboxylic acids is 1. The fourth-order valence-electron chi connectivity index (χ4n) is 1.57. The van der Waals surface area contributed by atoms with E-state index < -0.39 is 0 Å². The summed E-state index contributed by atoms with van der Waals surface area (Å²) in [5.74, 6) is 2.79. The quantitative estimate of drug-likeness (QED) is 0.566. The summed E-state index contributed by atoms with van der Waals surface area (Å²) in [6.45, 7) is 4.52. The Bertz CT molecular complexity index is 232. The number of hydrogen-bond donors (Lipinski definition) is 0. The summed E-state index contributed by atoms with van der Waals surface area (Å²) in [7, 11) is 1.84. The molecule has 1 unspecified atom stereocenters. The Hall–Kier alpha value is -1.01. The van der Waals surface area contributed by atoms with Gasteiger partial charge in [-0.3, -0.25) is 9.69 Å². The van der Waals surface area contributed by atoms with Crippen molar-refractivity contribution in [2.24, 2.45) is 0 Å². The van der Waals surface area contributed by atoms with Gasteiger partial charge in [-0.1, -0.05) is 0 Å². The second-order valence-electron chi connectivity index (χ2n) is 3.43. The zero-order valence-corrected chi connectivity index (χ0v) is 8.29. The summed E-state index contributed by atoms with van der Waals surface area (Å²) in [6, 6.07) is -0.00731. The molecule has 0 radical (unpaired) electrons. The Labute approximate surface area is 79.7 Å². The average Bonchev–Trinajstić information content (AvgIpc) is 2.13. The van der Waals surface area contributed by atoms with Crippen molar-refractivity contribution < 1.29 is 4.79 Å². The minimum Gasteiger partial charge on any atom is -0.343 e. The molecule has 1 atom stereocenters. The van der Waals surface area contributed by atoms with Gasteiger partial charge in [0.15, 0.2) is 0 Å². The van der Waals surface area contributed by atoms with Crippen molar-refractivity contribution >= 4 is 5.91 Å². The van der Waals surface area contributed by atoms with Crippen LogP contribution in [-0.4, -0.2) is 48.4 Å². The van der Waals surface area contributed by atoms with Crippen molar-refractivity contribution in [3.8, 4) is 12.3 Å². The van der Waals surface area contributed by atoms with Crippen LogP contribution in [0.3, 0.4) is 0 Å². The number of rotatable bonds is 2. The van der Waals surface area contributed by atoms with E-state index in [2.05, 4.69) is 10.8 Å². The van der Waals surface area contributed by atoms with Crippen LogP contribution in [0.5, 0.6) is 0 Å². The lowest BCUT2D eigenvalue weighted by Gasteiger charge is -2.36. The van der Waals surface area contributed by atoms with Crippen LogP contribution in [0, 0.1) is 12.3 Å². The third-order valence-corrected chi connectivity index (χ3v) is 2.55. The molecule has 1 amide bonds. The highest BCUT2D eigenvalue weighted by atomic mass is 16.2. The van der Waals surface area contributed by atoms with Crippen LogP contribution in [0.2, 0.25) is 0 Å². The van der Waals surface area contributed by atoms with Gasteiger partial charge in [-0.15, -0.1) is 12.3 Å². The average molecular weight is 180 g/mol. The Morgan fingerprint density at radius 2 is 2.31 bits per heavy atom. The molecule has 0 saturated carbocycles. The van der Waals surface area contributed by atoms with Crippen LogP contribution in [0.4, 0.5) is 0 Å². The Morgan fingerprint density at radius 1 is 1.62 bits per heavy atom. The summed E-state index contributed by atoms with van der Waals surface area (Å²) < 4.78 is 0. The van der Waals surface area contributed by atoms with Gasteiger partial charge in [0.1, 0.15) is 0 Å². The maximum atomic E-state index is 11.5. The Kier molecular flexibility index (Phi) is 3.32.